The Hall–Kier alpha value is -2.97. The highest BCUT2D eigenvalue weighted by molar-refractivity contribution is 6.30. The largest absolute Gasteiger partial charge is 0.492 e. The van der Waals surface area contributed by atoms with Crippen LogP contribution in [0, 0.1) is 18.3 Å². The second-order valence-electron chi connectivity index (χ2n) is 5.96. The zero-order valence-corrected chi connectivity index (χ0v) is 14.7. The van der Waals surface area contributed by atoms with E-state index in [-0.39, 0.29) is 30.9 Å². The SMILES string of the molecule is C#Cc1cccc(NC(=O)CNC(=O)C2COc3ccc(Cl)cc3C2)c1. The number of hydrogen-bond donors (Lipinski definition) is 2. The van der Waals surface area contributed by atoms with Gasteiger partial charge in [0.15, 0.2) is 0 Å². The highest BCUT2D eigenvalue weighted by atomic mass is 35.5. The summed E-state index contributed by atoms with van der Waals surface area (Å²) in [5, 5.41) is 5.94. The van der Waals surface area contributed by atoms with Crippen molar-refractivity contribution in [2.24, 2.45) is 5.92 Å². The summed E-state index contributed by atoms with van der Waals surface area (Å²) in [5.41, 5.74) is 2.15. The average molecular weight is 369 g/mol. The lowest BCUT2D eigenvalue weighted by atomic mass is 9.96. The van der Waals surface area contributed by atoms with E-state index in [1.807, 2.05) is 0 Å². The van der Waals surface area contributed by atoms with Crippen LogP contribution in [0.3, 0.4) is 0 Å². The lowest BCUT2D eigenvalue weighted by Gasteiger charge is -2.24. The van der Waals surface area contributed by atoms with Crippen molar-refractivity contribution in [3.05, 3.63) is 58.6 Å². The van der Waals surface area contributed by atoms with Gasteiger partial charge in [0.05, 0.1) is 12.5 Å². The Bertz CT molecular complexity index is 889. The van der Waals surface area contributed by atoms with Gasteiger partial charge in [-0.2, -0.15) is 0 Å². The van der Waals surface area contributed by atoms with Crippen molar-refractivity contribution in [3.8, 4) is 18.1 Å². The summed E-state index contributed by atoms with van der Waals surface area (Å²) in [6, 6.07) is 12.3. The minimum Gasteiger partial charge on any atom is -0.492 e. The van der Waals surface area contributed by atoms with Crippen molar-refractivity contribution < 1.29 is 14.3 Å². The molecule has 2 N–H and O–H groups in total. The Kier molecular flexibility index (Phi) is 5.45. The van der Waals surface area contributed by atoms with E-state index >= 15 is 0 Å². The van der Waals surface area contributed by atoms with Crippen molar-refractivity contribution in [3.63, 3.8) is 0 Å². The molecule has 0 bridgehead atoms. The fourth-order valence-electron chi connectivity index (χ4n) is 2.74. The molecule has 1 unspecified atom stereocenters. The number of carbonyl (C=O) groups is 2. The topological polar surface area (TPSA) is 67.4 Å². The summed E-state index contributed by atoms with van der Waals surface area (Å²) >= 11 is 5.98. The molecule has 1 aliphatic heterocycles. The molecule has 0 fully saturated rings. The Morgan fingerprint density at radius 2 is 2.12 bits per heavy atom. The van der Waals surface area contributed by atoms with Gasteiger partial charge in [-0.3, -0.25) is 9.59 Å². The van der Waals surface area contributed by atoms with Crippen molar-refractivity contribution in [2.75, 3.05) is 18.5 Å². The van der Waals surface area contributed by atoms with Gasteiger partial charge in [0.1, 0.15) is 12.4 Å². The van der Waals surface area contributed by atoms with Crippen molar-refractivity contribution in [1.29, 1.82) is 0 Å². The molecule has 26 heavy (non-hydrogen) atoms. The van der Waals surface area contributed by atoms with E-state index in [4.69, 9.17) is 22.8 Å². The number of fused-ring (bicyclic) bond motifs is 1. The van der Waals surface area contributed by atoms with Gasteiger partial charge in [0, 0.05) is 16.3 Å². The molecule has 5 nitrogen and oxygen atoms in total. The smallest absolute Gasteiger partial charge is 0.243 e. The number of nitrogens with one attached hydrogen (secondary N) is 2. The Morgan fingerprint density at radius 1 is 1.27 bits per heavy atom. The molecule has 0 aliphatic carbocycles. The van der Waals surface area contributed by atoms with Crippen molar-refractivity contribution in [1.82, 2.24) is 5.32 Å². The molecule has 0 spiro atoms. The van der Waals surface area contributed by atoms with E-state index in [9.17, 15) is 9.59 Å². The lowest BCUT2D eigenvalue weighted by Crippen LogP contribution is -2.40. The number of halogens is 1. The van der Waals surface area contributed by atoms with Gasteiger partial charge in [0.2, 0.25) is 11.8 Å². The van der Waals surface area contributed by atoms with Gasteiger partial charge in [0.25, 0.3) is 0 Å². The molecule has 0 aromatic heterocycles. The molecule has 2 aromatic rings. The summed E-state index contributed by atoms with van der Waals surface area (Å²) in [6.07, 6.45) is 5.86. The second-order valence-corrected chi connectivity index (χ2v) is 6.39. The van der Waals surface area contributed by atoms with E-state index in [2.05, 4.69) is 16.6 Å². The molecule has 1 aliphatic rings. The molecule has 0 saturated carbocycles. The molecule has 1 atom stereocenters. The van der Waals surface area contributed by atoms with Crippen LogP contribution in [0.15, 0.2) is 42.5 Å². The number of amides is 2. The number of terminal acetylenes is 1. The molecule has 2 aromatic carbocycles. The van der Waals surface area contributed by atoms with Crippen LogP contribution in [-0.4, -0.2) is 25.0 Å². The molecule has 0 saturated heterocycles. The van der Waals surface area contributed by atoms with Crippen LogP contribution in [0.1, 0.15) is 11.1 Å². The number of hydrogen-bond acceptors (Lipinski definition) is 3. The van der Waals surface area contributed by atoms with Gasteiger partial charge in [-0.05, 0) is 48.4 Å². The molecular formula is C20H17ClN2O3. The maximum atomic E-state index is 12.3. The van der Waals surface area contributed by atoms with Crippen LogP contribution in [0.4, 0.5) is 5.69 Å². The minimum absolute atomic E-state index is 0.127. The number of carbonyl (C=O) groups excluding carboxylic acids is 2. The summed E-state index contributed by atoms with van der Waals surface area (Å²) in [6.45, 7) is 0.143. The maximum Gasteiger partial charge on any atom is 0.243 e. The third kappa shape index (κ3) is 4.35. The van der Waals surface area contributed by atoms with E-state index in [0.29, 0.717) is 22.7 Å². The minimum atomic E-state index is -0.362. The highest BCUT2D eigenvalue weighted by Gasteiger charge is 2.26. The number of benzene rings is 2. The normalized spacial score (nSPS) is 15.2. The first-order chi connectivity index (χ1) is 12.5. The Morgan fingerprint density at radius 3 is 2.92 bits per heavy atom. The second kappa shape index (κ2) is 7.94. The van der Waals surface area contributed by atoms with Crippen LogP contribution < -0.4 is 15.4 Å². The van der Waals surface area contributed by atoms with E-state index in [0.717, 1.165) is 11.3 Å². The standard InChI is InChI=1S/C20H17ClN2O3/c1-2-13-4-3-5-17(8-13)23-19(24)11-22-20(25)15-9-14-10-16(21)6-7-18(14)26-12-15/h1,3-8,10,15H,9,11-12H2,(H,22,25)(H,23,24). The molecule has 1 heterocycles. The number of ether oxygens (including phenoxy) is 1. The van der Waals surface area contributed by atoms with Gasteiger partial charge < -0.3 is 15.4 Å². The van der Waals surface area contributed by atoms with Crippen LogP contribution in [0.5, 0.6) is 5.75 Å². The molecular weight excluding hydrogens is 352 g/mol. The molecule has 132 valence electrons. The molecule has 3 rings (SSSR count). The lowest BCUT2D eigenvalue weighted by molar-refractivity contribution is -0.128. The predicted molar refractivity (Wildman–Crippen MR) is 100 cm³/mol. The van der Waals surface area contributed by atoms with E-state index in [1.54, 1.807) is 42.5 Å². The fraction of sp³-hybridized carbons (Fsp3) is 0.200. The summed E-state index contributed by atoms with van der Waals surface area (Å²) in [7, 11) is 0. The van der Waals surface area contributed by atoms with Crippen LogP contribution in [0.25, 0.3) is 0 Å². The summed E-state index contributed by atoms with van der Waals surface area (Å²) in [4.78, 5) is 24.3. The predicted octanol–water partition coefficient (Wildman–Crippen LogP) is 2.63. The number of anilines is 1. The maximum absolute atomic E-state index is 12.3. The van der Waals surface area contributed by atoms with Gasteiger partial charge in [-0.25, -0.2) is 0 Å². The molecule has 6 heteroatoms. The van der Waals surface area contributed by atoms with Crippen LogP contribution in [0.2, 0.25) is 5.02 Å². The first kappa shape index (κ1) is 17.8. The molecule has 0 radical (unpaired) electrons. The fourth-order valence-corrected chi connectivity index (χ4v) is 2.93. The van der Waals surface area contributed by atoms with E-state index in [1.165, 1.54) is 0 Å². The van der Waals surface area contributed by atoms with Crippen molar-refractivity contribution >= 4 is 29.1 Å². The first-order valence-electron chi connectivity index (χ1n) is 8.10. The Labute approximate surface area is 156 Å². The highest BCUT2D eigenvalue weighted by Crippen LogP contribution is 2.29. The molecule has 2 amide bonds. The quantitative estimate of drug-likeness (QED) is 0.815. The van der Waals surface area contributed by atoms with Crippen LogP contribution >= 0.6 is 11.6 Å². The van der Waals surface area contributed by atoms with Crippen LogP contribution in [-0.2, 0) is 16.0 Å². The monoisotopic (exact) mass is 368 g/mol. The van der Waals surface area contributed by atoms with Crippen molar-refractivity contribution in [2.45, 2.75) is 6.42 Å². The van der Waals surface area contributed by atoms with Gasteiger partial charge >= 0.3 is 0 Å². The van der Waals surface area contributed by atoms with Gasteiger partial charge in [-0.1, -0.05) is 23.6 Å². The number of rotatable bonds is 4. The van der Waals surface area contributed by atoms with E-state index < -0.39 is 0 Å². The first-order valence-corrected chi connectivity index (χ1v) is 8.48. The zero-order chi connectivity index (χ0) is 18.5. The third-order valence-electron chi connectivity index (χ3n) is 4.04. The summed E-state index contributed by atoms with van der Waals surface area (Å²) in [5.74, 6) is 2.32. The summed E-state index contributed by atoms with van der Waals surface area (Å²) < 4.78 is 5.60. The third-order valence-corrected chi connectivity index (χ3v) is 4.27. The zero-order valence-electron chi connectivity index (χ0n) is 13.9. The Balaban J connectivity index is 1.52. The van der Waals surface area contributed by atoms with Gasteiger partial charge in [-0.15, -0.1) is 6.42 Å². The average Bonchev–Trinajstić information content (AvgIpc) is 2.65.